The second-order valence-electron chi connectivity index (χ2n) is 6.27. The summed E-state index contributed by atoms with van der Waals surface area (Å²) in [5, 5.41) is 3.24. The van der Waals surface area contributed by atoms with Crippen LogP contribution in [0.15, 0.2) is 6.20 Å². The van der Waals surface area contributed by atoms with Gasteiger partial charge in [0.1, 0.15) is 5.82 Å². The molecule has 1 fully saturated rings. The number of anilines is 1. The molecule has 0 radical (unpaired) electrons. The van der Waals surface area contributed by atoms with Gasteiger partial charge in [-0.15, -0.1) is 0 Å². The summed E-state index contributed by atoms with van der Waals surface area (Å²) in [5.74, 6) is 2.16. The smallest absolute Gasteiger partial charge is 0.131 e. The van der Waals surface area contributed by atoms with Gasteiger partial charge in [0.25, 0.3) is 0 Å². The van der Waals surface area contributed by atoms with E-state index in [0.29, 0.717) is 5.92 Å². The first-order chi connectivity index (χ1) is 9.61. The summed E-state index contributed by atoms with van der Waals surface area (Å²) >= 11 is 0. The molecule has 0 saturated carbocycles. The quantitative estimate of drug-likeness (QED) is 0.918. The average Bonchev–Trinajstić information content (AvgIpc) is 2.64. The largest absolute Gasteiger partial charge is 0.369 e. The third-order valence-electron chi connectivity index (χ3n) is 4.08. The van der Waals surface area contributed by atoms with E-state index in [0.717, 1.165) is 37.1 Å². The van der Waals surface area contributed by atoms with E-state index in [4.69, 9.17) is 4.98 Å². The molecule has 1 unspecified atom stereocenters. The zero-order valence-corrected chi connectivity index (χ0v) is 13.3. The minimum atomic E-state index is 0.379. The van der Waals surface area contributed by atoms with Gasteiger partial charge in [-0.2, -0.15) is 0 Å². The van der Waals surface area contributed by atoms with E-state index >= 15 is 0 Å². The van der Waals surface area contributed by atoms with Gasteiger partial charge in [0, 0.05) is 25.6 Å². The molecule has 1 aliphatic heterocycles. The summed E-state index contributed by atoms with van der Waals surface area (Å²) in [6.07, 6.45) is 5.91. The maximum Gasteiger partial charge on any atom is 0.131 e. The van der Waals surface area contributed by atoms with Crippen LogP contribution in [0, 0.1) is 5.92 Å². The van der Waals surface area contributed by atoms with Crippen molar-refractivity contribution in [3.05, 3.63) is 17.7 Å². The zero-order chi connectivity index (χ0) is 14.5. The summed E-state index contributed by atoms with van der Waals surface area (Å²) in [5.41, 5.74) is 2.36. The Morgan fingerprint density at radius 2 is 2.15 bits per heavy atom. The van der Waals surface area contributed by atoms with E-state index < -0.39 is 0 Å². The van der Waals surface area contributed by atoms with Crippen molar-refractivity contribution >= 4 is 5.69 Å². The molecular formula is C16H28N4. The lowest BCUT2D eigenvalue weighted by Crippen LogP contribution is -2.27. The first-order valence-corrected chi connectivity index (χ1v) is 7.87. The Kier molecular flexibility index (Phi) is 5.35. The first-order valence-electron chi connectivity index (χ1n) is 7.87. The van der Waals surface area contributed by atoms with Gasteiger partial charge >= 0.3 is 0 Å². The van der Waals surface area contributed by atoms with Crippen molar-refractivity contribution in [2.24, 2.45) is 5.92 Å². The average molecular weight is 276 g/mol. The number of nitrogens with zero attached hydrogens (tertiary/aromatic N) is 3. The molecule has 1 atom stereocenters. The Hall–Kier alpha value is -1.16. The van der Waals surface area contributed by atoms with Gasteiger partial charge in [-0.25, -0.2) is 9.97 Å². The van der Waals surface area contributed by atoms with E-state index in [-0.39, 0.29) is 0 Å². The summed E-state index contributed by atoms with van der Waals surface area (Å²) in [6, 6.07) is 0. The van der Waals surface area contributed by atoms with E-state index in [1.54, 1.807) is 0 Å². The van der Waals surface area contributed by atoms with Crippen LogP contribution in [0.5, 0.6) is 0 Å². The SMILES string of the molecule is CNCc1nc(C(C)C)ncc1N1CCCC(C)CC1. The molecule has 0 bridgehead atoms. The van der Waals surface area contributed by atoms with Gasteiger partial charge in [0.2, 0.25) is 0 Å². The fourth-order valence-electron chi connectivity index (χ4n) is 2.77. The molecule has 4 nitrogen and oxygen atoms in total. The molecule has 1 aromatic rings. The lowest BCUT2D eigenvalue weighted by Gasteiger charge is -2.25. The summed E-state index contributed by atoms with van der Waals surface area (Å²) < 4.78 is 0. The Labute approximate surface area is 123 Å². The fraction of sp³-hybridized carbons (Fsp3) is 0.750. The first kappa shape index (κ1) is 15.2. The maximum absolute atomic E-state index is 4.77. The van der Waals surface area contributed by atoms with Crippen molar-refractivity contribution < 1.29 is 0 Å². The van der Waals surface area contributed by atoms with E-state index in [2.05, 4.69) is 36.0 Å². The normalized spacial score (nSPS) is 20.2. The Morgan fingerprint density at radius 1 is 1.35 bits per heavy atom. The van der Waals surface area contributed by atoms with Crippen molar-refractivity contribution in [2.45, 2.75) is 52.5 Å². The Balaban J connectivity index is 2.24. The minimum absolute atomic E-state index is 0.379. The molecule has 20 heavy (non-hydrogen) atoms. The summed E-state index contributed by atoms with van der Waals surface area (Å²) in [6.45, 7) is 9.71. The Morgan fingerprint density at radius 3 is 2.85 bits per heavy atom. The van der Waals surface area contributed by atoms with Crippen LogP contribution in [-0.2, 0) is 6.54 Å². The molecule has 1 N–H and O–H groups in total. The molecule has 4 heteroatoms. The lowest BCUT2D eigenvalue weighted by atomic mass is 10.0. The predicted octanol–water partition coefficient (Wildman–Crippen LogP) is 2.95. The van der Waals surface area contributed by atoms with Gasteiger partial charge < -0.3 is 10.2 Å². The van der Waals surface area contributed by atoms with Crippen molar-refractivity contribution in [1.29, 1.82) is 0 Å². The lowest BCUT2D eigenvalue weighted by molar-refractivity contribution is 0.521. The third-order valence-corrected chi connectivity index (χ3v) is 4.08. The number of aromatic nitrogens is 2. The summed E-state index contributed by atoms with van der Waals surface area (Å²) in [7, 11) is 1.98. The number of hydrogen-bond donors (Lipinski definition) is 1. The van der Waals surface area contributed by atoms with Crippen LogP contribution in [0.1, 0.15) is 57.5 Å². The van der Waals surface area contributed by atoms with Crippen molar-refractivity contribution in [3.8, 4) is 0 Å². The standard InChI is InChI=1S/C16H28N4/c1-12(2)16-18-11-15(14(19-16)10-17-4)20-8-5-6-13(3)7-9-20/h11-13,17H,5-10H2,1-4H3. The molecule has 0 aliphatic carbocycles. The predicted molar refractivity (Wildman–Crippen MR) is 84.1 cm³/mol. The van der Waals surface area contributed by atoms with E-state index in [1.807, 2.05) is 13.2 Å². The number of nitrogens with one attached hydrogen (secondary N) is 1. The monoisotopic (exact) mass is 276 g/mol. The molecule has 1 aliphatic rings. The maximum atomic E-state index is 4.77. The minimum Gasteiger partial charge on any atom is -0.369 e. The number of rotatable bonds is 4. The van der Waals surface area contributed by atoms with E-state index in [9.17, 15) is 0 Å². The molecule has 0 spiro atoms. The number of hydrogen-bond acceptors (Lipinski definition) is 4. The van der Waals surface area contributed by atoms with Crippen molar-refractivity contribution in [2.75, 3.05) is 25.0 Å². The van der Waals surface area contributed by atoms with Crippen LogP contribution in [0.3, 0.4) is 0 Å². The van der Waals surface area contributed by atoms with Crippen LogP contribution in [0.4, 0.5) is 5.69 Å². The molecule has 1 saturated heterocycles. The second kappa shape index (κ2) is 7.02. The highest BCUT2D eigenvalue weighted by Crippen LogP contribution is 2.25. The van der Waals surface area contributed by atoms with E-state index in [1.165, 1.54) is 24.9 Å². The van der Waals surface area contributed by atoms with Gasteiger partial charge in [0.15, 0.2) is 0 Å². The molecular weight excluding hydrogens is 248 g/mol. The van der Waals surface area contributed by atoms with Gasteiger partial charge in [-0.3, -0.25) is 0 Å². The highest BCUT2D eigenvalue weighted by molar-refractivity contribution is 5.49. The van der Waals surface area contributed by atoms with Gasteiger partial charge in [0.05, 0.1) is 17.6 Å². The second-order valence-corrected chi connectivity index (χ2v) is 6.27. The van der Waals surface area contributed by atoms with Crippen molar-refractivity contribution in [3.63, 3.8) is 0 Å². The molecule has 0 aromatic carbocycles. The molecule has 112 valence electrons. The van der Waals surface area contributed by atoms with Crippen LogP contribution in [0.25, 0.3) is 0 Å². The Bertz CT molecular complexity index is 430. The molecule has 0 amide bonds. The van der Waals surface area contributed by atoms with Crippen molar-refractivity contribution in [1.82, 2.24) is 15.3 Å². The van der Waals surface area contributed by atoms with Gasteiger partial charge in [-0.05, 0) is 32.2 Å². The topological polar surface area (TPSA) is 41.1 Å². The van der Waals surface area contributed by atoms with Crippen LogP contribution in [-0.4, -0.2) is 30.1 Å². The van der Waals surface area contributed by atoms with Crippen LogP contribution in [0.2, 0.25) is 0 Å². The summed E-state index contributed by atoms with van der Waals surface area (Å²) in [4.78, 5) is 11.8. The van der Waals surface area contributed by atoms with Crippen LogP contribution < -0.4 is 10.2 Å². The fourth-order valence-corrected chi connectivity index (χ4v) is 2.77. The zero-order valence-electron chi connectivity index (χ0n) is 13.3. The van der Waals surface area contributed by atoms with Gasteiger partial charge in [-0.1, -0.05) is 20.8 Å². The van der Waals surface area contributed by atoms with Crippen LogP contribution >= 0.6 is 0 Å². The highest BCUT2D eigenvalue weighted by atomic mass is 15.2. The highest BCUT2D eigenvalue weighted by Gasteiger charge is 2.18. The third kappa shape index (κ3) is 3.69. The molecule has 2 heterocycles. The molecule has 2 rings (SSSR count). The molecule has 1 aromatic heterocycles.